The molecule has 2 nitrogen and oxygen atoms in total. The number of benzene rings is 2. The van der Waals surface area contributed by atoms with E-state index in [1.807, 2.05) is 30.3 Å². The molecule has 0 N–H and O–H groups in total. The zero-order chi connectivity index (χ0) is 15.6. The second-order valence-electron chi connectivity index (χ2n) is 4.77. The molecule has 0 amide bonds. The van der Waals surface area contributed by atoms with Gasteiger partial charge in [0.05, 0.1) is 17.5 Å². The Morgan fingerprint density at radius 1 is 0.727 bits per heavy atom. The zero-order valence-corrected chi connectivity index (χ0v) is 11.4. The first-order valence-corrected chi connectivity index (χ1v) is 6.60. The summed E-state index contributed by atoms with van der Waals surface area (Å²) >= 11 is 0. The Kier molecular flexibility index (Phi) is 3.63. The van der Waals surface area contributed by atoms with Crippen molar-refractivity contribution in [2.75, 3.05) is 0 Å². The van der Waals surface area contributed by atoms with Crippen LogP contribution in [0.4, 0.5) is 13.2 Å². The summed E-state index contributed by atoms with van der Waals surface area (Å²) in [6, 6.07) is 16.3. The molecule has 1 aromatic heterocycles. The Hall–Kier alpha value is -2.69. The highest BCUT2D eigenvalue weighted by atomic mass is 19.4. The molecule has 0 spiro atoms. The van der Waals surface area contributed by atoms with E-state index in [1.54, 1.807) is 18.3 Å². The van der Waals surface area contributed by atoms with E-state index in [9.17, 15) is 13.2 Å². The molecular weight excluding hydrogens is 289 g/mol. The van der Waals surface area contributed by atoms with Gasteiger partial charge in [0.2, 0.25) is 0 Å². The normalized spacial score (nSPS) is 11.4. The second-order valence-corrected chi connectivity index (χ2v) is 4.77. The van der Waals surface area contributed by atoms with Gasteiger partial charge in [0.15, 0.2) is 0 Å². The molecule has 22 heavy (non-hydrogen) atoms. The summed E-state index contributed by atoms with van der Waals surface area (Å²) < 4.78 is 38.4. The van der Waals surface area contributed by atoms with Crippen LogP contribution in [0.5, 0.6) is 0 Å². The molecule has 110 valence electrons. The Morgan fingerprint density at radius 3 is 2.18 bits per heavy atom. The average Bonchev–Trinajstić information content (AvgIpc) is 2.55. The molecule has 0 aliphatic rings. The SMILES string of the molecule is FC(F)(F)c1cccc(-c2cc(-c3ccccc3)cnn2)c1. The monoisotopic (exact) mass is 300 g/mol. The zero-order valence-electron chi connectivity index (χ0n) is 11.4. The van der Waals surface area contributed by atoms with E-state index in [0.717, 1.165) is 23.3 Å². The largest absolute Gasteiger partial charge is 0.416 e. The summed E-state index contributed by atoms with van der Waals surface area (Å²) in [6.07, 6.45) is -2.78. The van der Waals surface area contributed by atoms with Crippen molar-refractivity contribution >= 4 is 0 Å². The maximum Gasteiger partial charge on any atom is 0.416 e. The van der Waals surface area contributed by atoms with E-state index in [4.69, 9.17) is 0 Å². The second kappa shape index (κ2) is 5.60. The van der Waals surface area contributed by atoms with Gasteiger partial charge in [0.25, 0.3) is 0 Å². The highest BCUT2D eigenvalue weighted by Crippen LogP contribution is 2.32. The number of hydrogen-bond donors (Lipinski definition) is 0. The van der Waals surface area contributed by atoms with E-state index < -0.39 is 11.7 Å². The van der Waals surface area contributed by atoms with Crippen LogP contribution in [0.15, 0.2) is 66.9 Å². The smallest absolute Gasteiger partial charge is 0.166 e. The molecule has 0 radical (unpaired) electrons. The predicted octanol–water partition coefficient (Wildman–Crippen LogP) is 4.83. The molecule has 0 unspecified atom stereocenters. The highest BCUT2D eigenvalue weighted by Gasteiger charge is 2.30. The van der Waals surface area contributed by atoms with Gasteiger partial charge in [0.1, 0.15) is 0 Å². The summed E-state index contributed by atoms with van der Waals surface area (Å²) in [5, 5.41) is 7.84. The van der Waals surface area contributed by atoms with Crippen LogP contribution < -0.4 is 0 Å². The van der Waals surface area contributed by atoms with E-state index in [-0.39, 0.29) is 0 Å². The first kappa shape index (κ1) is 14.3. The maximum absolute atomic E-state index is 12.8. The lowest BCUT2D eigenvalue weighted by Crippen LogP contribution is -2.04. The number of halogens is 3. The summed E-state index contributed by atoms with van der Waals surface area (Å²) in [5.41, 5.74) is 1.85. The molecule has 0 aliphatic carbocycles. The fraction of sp³-hybridized carbons (Fsp3) is 0.0588. The van der Waals surface area contributed by atoms with Crippen LogP contribution in [0.2, 0.25) is 0 Å². The topological polar surface area (TPSA) is 25.8 Å². The van der Waals surface area contributed by atoms with E-state index >= 15 is 0 Å². The van der Waals surface area contributed by atoms with E-state index in [0.29, 0.717) is 11.3 Å². The predicted molar refractivity (Wildman–Crippen MR) is 77.9 cm³/mol. The number of aromatic nitrogens is 2. The quantitative estimate of drug-likeness (QED) is 0.677. The molecule has 1 heterocycles. The lowest BCUT2D eigenvalue weighted by Gasteiger charge is -2.09. The Labute approximate surface area is 125 Å². The minimum Gasteiger partial charge on any atom is -0.166 e. The molecule has 3 rings (SSSR count). The van der Waals surface area contributed by atoms with Gasteiger partial charge in [-0.25, -0.2) is 0 Å². The molecule has 0 saturated heterocycles. The number of nitrogens with zero attached hydrogens (tertiary/aromatic N) is 2. The van der Waals surface area contributed by atoms with Gasteiger partial charge in [-0.2, -0.15) is 23.4 Å². The third kappa shape index (κ3) is 2.98. The van der Waals surface area contributed by atoms with Crippen molar-refractivity contribution in [2.45, 2.75) is 6.18 Å². The standard InChI is InChI=1S/C17H11F3N2/c18-17(19,20)15-8-4-7-13(9-15)16-10-14(11-21-22-16)12-5-2-1-3-6-12/h1-11H. The first-order chi connectivity index (χ1) is 10.5. The van der Waals surface area contributed by atoms with Crippen molar-refractivity contribution in [1.82, 2.24) is 10.2 Å². The van der Waals surface area contributed by atoms with Gasteiger partial charge in [-0.05, 0) is 23.8 Å². The van der Waals surface area contributed by atoms with E-state index in [1.165, 1.54) is 6.07 Å². The van der Waals surface area contributed by atoms with Gasteiger partial charge in [-0.1, -0.05) is 42.5 Å². The molecule has 0 aliphatic heterocycles. The molecule has 0 bridgehead atoms. The fourth-order valence-corrected chi connectivity index (χ4v) is 2.15. The van der Waals surface area contributed by atoms with Crippen LogP contribution in [0.3, 0.4) is 0 Å². The lowest BCUT2D eigenvalue weighted by atomic mass is 10.0. The summed E-state index contributed by atoms with van der Waals surface area (Å²) in [4.78, 5) is 0. The fourth-order valence-electron chi connectivity index (χ4n) is 2.15. The third-order valence-electron chi connectivity index (χ3n) is 3.25. The maximum atomic E-state index is 12.8. The van der Waals surface area contributed by atoms with Crippen molar-refractivity contribution in [3.63, 3.8) is 0 Å². The average molecular weight is 300 g/mol. The summed E-state index contributed by atoms with van der Waals surface area (Å²) in [6.45, 7) is 0. The minimum absolute atomic E-state index is 0.389. The third-order valence-corrected chi connectivity index (χ3v) is 3.25. The van der Waals surface area contributed by atoms with Gasteiger partial charge < -0.3 is 0 Å². The molecule has 5 heteroatoms. The molecule has 3 aromatic rings. The van der Waals surface area contributed by atoms with Crippen LogP contribution in [0, 0.1) is 0 Å². The Bertz CT molecular complexity index is 783. The number of rotatable bonds is 2. The molecule has 0 saturated carbocycles. The lowest BCUT2D eigenvalue weighted by molar-refractivity contribution is -0.137. The van der Waals surface area contributed by atoms with Crippen LogP contribution >= 0.6 is 0 Å². The van der Waals surface area contributed by atoms with Crippen LogP contribution in [-0.2, 0) is 6.18 Å². The van der Waals surface area contributed by atoms with Crippen molar-refractivity contribution < 1.29 is 13.2 Å². The minimum atomic E-state index is -4.37. The first-order valence-electron chi connectivity index (χ1n) is 6.60. The highest BCUT2D eigenvalue weighted by molar-refractivity contribution is 5.69. The number of hydrogen-bond acceptors (Lipinski definition) is 2. The van der Waals surface area contributed by atoms with Crippen molar-refractivity contribution in [1.29, 1.82) is 0 Å². The van der Waals surface area contributed by atoms with E-state index in [2.05, 4.69) is 10.2 Å². The Balaban J connectivity index is 2.03. The summed E-state index contributed by atoms with van der Waals surface area (Å²) in [7, 11) is 0. The molecule has 2 aromatic carbocycles. The van der Waals surface area contributed by atoms with Gasteiger partial charge in [0, 0.05) is 11.1 Å². The molecule has 0 atom stereocenters. The van der Waals surface area contributed by atoms with Crippen LogP contribution in [-0.4, -0.2) is 10.2 Å². The number of alkyl halides is 3. The van der Waals surface area contributed by atoms with Gasteiger partial charge in [-0.3, -0.25) is 0 Å². The van der Waals surface area contributed by atoms with Crippen molar-refractivity contribution in [2.24, 2.45) is 0 Å². The van der Waals surface area contributed by atoms with Crippen molar-refractivity contribution in [3.05, 3.63) is 72.4 Å². The molecular formula is C17H11F3N2. The van der Waals surface area contributed by atoms with Gasteiger partial charge >= 0.3 is 6.18 Å². The van der Waals surface area contributed by atoms with Crippen LogP contribution in [0.25, 0.3) is 22.4 Å². The van der Waals surface area contributed by atoms with Crippen LogP contribution in [0.1, 0.15) is 5.56 Å². The molecule has 0 fully saturated rings. The van der Waals surface area contributed by atoms with Gasteiger partial charge in [-0.15, -0.1) is 0 Å². The van der Waals surface area contributed by atoms with Crippen molar-refractivity contribution in [3.8, 4) is 22.4 Å². The Morgan fingerprint density at radius 2 is 1.45 bits per heavy atom. The summed E-state index contributed by atoms with van der Waals surface area (Å²) in [5.74, 6) is 0.